The summed E-state index contributed by atoms with van der Waals surface area (Å²) in [5, 5.41) is 11.3. The fraction of sp³-hybridized carbons (Fsp3) is 0.0833. The van der Waals surface area contributed by atoms with Crippen LogP contribution >= 0.6 is 11.6 Å². The maximum Gasteiger partial charge on any atom is 0.307 e. The van der Waals surface area contributed by atoms with Crippen LogP contribution in [0.1, 0.15) is 5.56 Å². The van der Waals surface area contributed by atoms with Gasteiger partial charge in [-0.25, -0.2) is 0 Å². The molecule has 3 heteroatoms. The summed E-state index contributed by atoms with van der Waals surface area (Å²) >= 11 is 6.02. The first kappa shape index (κ1) is 9.99. The molecule has 0 heterocycles. The molecule has 0 radical (unpaired) electrons. The Bertz CT molecular complexity index is 520. The molecular formula is C12H9ClO2. The molecule has 0 fully saturated rings. The van der Waals surface area contributed by atoms with Crippen molar-refractivity contribution in [3.05, 3.63) is 47.0 Å². The van der Waals surface area contributed by atoms with E-state index in [1.165, 1.54) is 0 Å². The van der Waals surface area contributed by atoms with Crippen molar-refractivity contribution in [1.82, 2.24) is 0 Å². The summed E-state index contributed by atoms with van der Waals surface area (Å²) in [4.78, 5) is 10.6. The number of carboxylic acids is 1. The minimum absolute atomic E-state index is 0.0289. The number of aliphatic carboxylic acids is 1. The summed E-state index contributed by atoms with van der Waals surface area (Å²) in [5.74, 6) is -0.832. The normalized spacial score (nSPS) is 10.5. The highest BCUT2D eigenvalue weighted by Gasteiger charge is 2.03. The Labute approximate surface area is 92.1 Å². The zero-order chi connectivity index (χ0) is 10.8. The number of rotatable bonds is 2. The molecule has 0 aliphatic heterocycles. The Morgan fingerprint density at radius 1 is 1.27 bits per heavy atom. The smallest absolute Gasteiger partial charge is 0.307 e. The number of halogens is 1. The van der Waals surface area contributed by atoms with Crippen LogP contribution in [0.4, 0.5) is 0 Å². The molecule has 1 N–H and O–H groups in total. The zero-order valence-electron chi connectivity index (χ0n) is 7.90. The predicted octanol–water partition coefficient (Wildman–Crippen LogP) is 3.12. The third-order valence-electron chi connectivity index (χ3n) is 2.25. The summed E-state index contributed by atoms with van der Waals surface area (Å²) in [6.07, 6.45) is 0.0289. The first-order valence-corrected chi connectivity index (χ1v) is 4.93. The maximum atomic E-state index is 10.6. The van der Waals surface area contributed by atoms with Crippen molar-refractivity contribution in [3.63, 3.8) is 0 Å². The van der Waals surface area contributed by atoms with E-state index in [1.807, 2.05) is 30.3 Å². The monoisotopic (exact) mass is 220 g/mol. The van der Waals surface area contributed by atoms with E-state index in [9.17, 15) is 4.79 Å². The van der Waals surface area contributed by atoms with Crippen molar-refractivity contribution >= 4 is 28.3 Å². The number of hydrogen-bond donors (Lipinski definition) is 1. The fourth-order valence-corrected chi connectivity index (χ4v) is 1.80. The van der Waals surface area contributed by atoms with E-state index in [0.29, 0.717) is 5.02 Å². The van der Waals surface area contributed by atoms with Crippen LogP contribution < -0.4 is 0 Å². The number of carbonyl (C=O) groups is 1. The lowest BCUT2D eigenvalue weighted by Crippen LogP contribution is -1.99. The molecular weight excluding hydrogens is 212 g/mol. The lowest BCUT2D eigenvalue weighted by molar-refractivity contribution is -0.136. The summed E-state index contributed by atoms with van der Waals surface area (Å²) < 4.78 is 0. The quantitative estimate of drug-likeness (QED) is 0.844. The standard InChI is InChI=1S/C12H9ClO2/c13-11-3-1-2-9-5-4-8(6-10(9)11)7-12(14)15/h1-6H,7H2,(H,14,15). The molecule has 0 aliphatic rings. The van der Waals surface area contributed by atoms with Crippen LogP contribution in [0.5, 0.6) is 0 Å². The second-order valence-electron chi connectivity index (χ2n) is 3.37. The van der Waals surface area contributed by atoms with Gasteiger partial charge in [-0.15, -0.1) is 0 Å². The van der Waals surface area contributed by atoms with E-state index in [0.717, 1.165) is 16.3 Å². The molecule has 15 heavy (non-hydrogen) atoms. The van der Waals surface area contributed by atoms with Crippen molar-refractivity contribution in [1.29, 1.82) is 0 Å². The molecule has 2 aromatic carbocycles. The van der Waals surface area contributed by atoms with Crippen LogP contribution in [-0.4, -0.2) is 11.1 Å². The van der Waals surface area contributed by atoms with Gasteiger partial charge in [0.25, 0.3) is 0 Å². The van der Waals surface area contributed by atoms with Gasteiger partial charge in [0.05, 0.1) is 6.42 Å². The van der Waals surface area contributed by atoms with E-state index in [1.54, 1.807) is 6.07 Å². The molecule has 2 aromatic rings. The molecule has 0 saturated carbocycles. The van der Waals surface area contributed by atoms with Crippen molar-refractivity contribution in [2.75, 3.05) is 0 Å². The number of fused-ring (bicyclic) bond motifs is 1. The van der Waals surface area contributed by atoms with E-state index in [4.69, 9.17) is 16.7 Å². The molecule has 76 valence electrons. The Morgan fingerprint density at radius 3 is 2.80 bits per heavy atom. The van der Waals surface area contributed by atoms with Crippen LogP contribution in [0.25, 0.3) is 10.8 Å². The zero-order valence-corrected chi connectivity index (χ0v) is 8.66. The predicted molar refractivity (Wildman–Crippen MR) is 60.3 cm³/mol. The van der Waals surface area contributed by atoms with Gasteiger partial charge in [-0.1, -0.05) is 35.9 Å². The van der Waals surface area contributed by atoms with Gasteiger partial charge in [0.1, 0.15) is 0 Å². The highest BCUT2D eigenvalue weighted by Crippen LogP contribution is 2.24. The molecule has 0 amide bonds. The Hall–Kier alpha value is -1.54. The van der Waals surface area contributed by atoms with Crippen molar-refractivity contribution < 1.29 is 9.90 Å². The lowest BCUT2D eigenvalue weighted by Gasteiger charge is -2.02. The summed E-state index contributed by atoms with van der Waals surface area (Å²) in [6, 6.07) is 11.2. The molecule has 0 aromatic heterocycles. The first-order valence-electron chi connectivity index (χ1n) is 4.56. The van der Waals surface area contributed by atoms with Gasteiger partial charge in [-0.05, 0) is 23.1 Å². The van der Waals surface area contributed by atoms with Crippen molar-refractivity contribution in [3.8, 4) is 0 Å². The van der Waals surface area contributed by atoms with E-state index >= 15 is 0 Å². The van der Waals surface area contributed by atoms with E-state index in [2.05, 4.69) is 0 Å². The van der Waals surface area contributed by atoms with Gasteiger partial charge in [0.15, 0.2) is 0 Å². The molecule has 0 aliphatic carbocycles. The van der Waals surface area contributed by atoms with Crippen LogP contribution in [0.15, 0.2) is 36.4 Å². The average Bonchev–Trinajstić information content (AvgIpc) is 2.18. The molecule has 0 bridgehead atoms. The fourth-order valence-electron chi connectivity index (χ4n) is 1.57. The third-order valence-corrected chi connectivity index (χ3v) is 2.58. The highest BCUT2D eigenvalue weighted by molar-refractivity contribution is 6.35. The van der Waals surface area contributed by atoms with Crippen LogP contribution in [0.2, 0.25) is 5.02 Å². The van der Waals surface area contributed by atoms with E-state index < -0.39 is 5.97 Å². The Kier molecular flexibility index (Phi) is 2.60. The van der Waals surface area contributed by atoms with E-state index in [-0.39, 0.29) is 6.42 Å². The van der Waals surface area contributed by atoms with Gasteiger partial charge < -0.3 is 5.11 Å². The maximum absolute atomic E-state index is 10.6. The van der Waals surface area contributed by atoms with Crippen molar-refractivity contribution in [2.45, 2.75) is 6.42 Å². The Morgan fingerprint density at radius 2 is 2.07 bits per heavy atom. The van der Waals surface area contributed by atoms with Crippen LogP contribution in [0.3, 0.4) is 0 Å². The van der Waals surface area contributed by atoms with Gasteiger partial charge in [0.2, 0.25) is 0 Å². The molecule has 0 spiro atoms. The summed E-state index contributed by atoms with van der Waals surface area (Å²) in [7, 11) is 0. The summed E-state index contributed by atoms with van der Waals surface area (Å²) in [5.41, 5.74) is 0.767. The lowest BCUT2D eigenvalue weighted by atomic mass is 10.1. The van der Waals surface area contributed by atoms with Gasteiger partial charge >= 0.3 is 5.97 Å². The van der Waals surface area contributed by atoms with Crippen LogP contribution in [0, 0.1) is 0 Å². The number of carboxylic acid groups (broad SMARTS) is 1. The van der Waals surface area contributed by atoms with Gasteiger partial charge in [0, 0.05) is 10.4 Å². The number of benzene rings is 2. The third kappa shape index (κ3) is 2.10. The molecule has 0 unspecified atom stereocenters. The topological polar surface area (TPSA) is 37.3 Å². The molecule has 2 rings (SSSR count). The first-order chi connectivity index (χ1) is 7.16. The van der Waals surface area contributed by atoms with Gasteiger partial charge in [-0.2, -0.15) is 0 Å². The highest BCUT2D eigenvalue weighted by atomic mass is 35.5. The second kappa shape index (κ2) is 3.91. The largest absolute Gasteiger partial charge is 0.481 e. The number of hydrogen-bond acceptors (Lipinski definition) is 1. The van der Waals surface area contributed by atoms with Crippen molar-refractivity contribution in [2.24, 2.45) is 0 Å². The SMILES string of the molecule is O=C(O)Cc1ccc2cccc(Cl)c2c1. The Balaban J connectivity index is 2.54. The van der Waals surface area contributed by atoms with Gasteiger partial charge in [-0.3, -0.25) is 4.79 Å². The molecule has 2 nitrogen and oxygen atoms in total. The summed E-state index contributed by atoms with van der Waals surface area (Å²) in [6.45, 7) is 0. The molecule has 0 saturated heterocycles. The second-order valence-corrected chi connectivity index (χ2v) is 3.77. The van der Waals surface area contributed by atoms with Crippen LogP contribution in [-0.2, 0) is 11.2 Å². The minimum Gasteiger partial charge on any atom is -0.481 e. The minimum atomic E-state index is -0.832. The average molecular weight is 221 g/mol. The molecule has 0 atom stereocenters.